The topological polar surface area (TPSA) is 108 Å². The fraction of sp³-hybridized carbons (Fsp3) is 0.519. The lowest BCUT2D eigenvalue weighted by Gasteiger charge is -2.38. The summed E-state index contributed by atoms with van der Waals surface area (Å²) < 4.78 is 6.40. The molecule has 35 heavy (non-hydrogen) atoms. The van der Waals surface area contributed by atoms with Gasteiger partial charge in [0, 0.05) is 12.7 Å². The van der Waals surface area contributed by atoms with Crippen LogP contribution in [-0.2, 0) is 19.1 Å². The van der Waals surface area contributed by atoms with Crippen LogP contribution in [-0.4, -0.2) is 65.2 Å². The van der Waals surface area contributed by atoms with Crippen LogP contribution in [0.15, 0.2) is 42.5 Å². The second kappa shape index (κ2) is 8.91. The molecule has 0 saturated carbocycles. The van der Waals surface area contributed by atoms with Crippen LogP contribution < -0.4 is 10.6 Å². The van der Waals surface area contributed by atoms with E-state index in [1.54, 1.807) is 7.05 Å². The van der Waals surface area contributed by atoms with Gasteiger partial charge in [-0.3, -0.25) is 14.4 Å². The van der Waals surface area contributed by atoms with Gasteiger partial charge in [-0.2, -0.15) is 0 Å². The first-order valence-electron chi connectivity index (χ1n) is 12.5. The molecule has 3 amide bonds. The maximum atomic E-state index is 13.9. The molecule has 2 aromatic rings. The summed E-state index contributed by atoms with van der Waals surface area (Å²) in [5.41, 5.74) is -0.457. The van der Waals surface area contributed by atoms with Gasteiger partial charge in [0.25, 0.3) is 0 Å². The molecule has 8 nitrogen and oxygen atoms in total. The van der Waals surface area contributed by atoms with E-state index < -0.39 is 35.6 Å². The molecule has 3 fully saturated rings. The van der Waals surface area contributed by atoms with Crippen LogP contribution in [0, 0.1) is 17.8 Å². The predicted octanol–water partition coefficient (Wildman–Crippen LogP) is 2.31. The summed E-state index contributed by atoms with van der Waals surface area (Å²) >= 11 is 0. The van der Waals surface area contributed by atoms with E-state index >= 15 is 0 Å². The Morgan fingerprint density at radius 2 is 1.94 bits per heavy atom. The molecular formula is C27H33N3O5. The SMILES string of the molecule is CC[C@H](C)[C@H](CO)N1C(=O)[C@@H]2[C@H](C(=O)NC)[C@@H]3CCC2(O3)C1C(=O)Nc1ccc2ccccc2c1. The third-order valence-corrected chi connectivity index (χ3v) is 8.40. The maximum absolute atomic E-state index is 13.9. The van der Waals surface area contributed by atoms with E-state index in [4.69, 9.17) is 4.74 Å². The minimum atomic E-state index is -1.08. The zero-order valence-corrected chi connectivity index (χ0v) is 20.4. The Hall–Kier alpha value is -2.97. The lowest BCUT2D eigenvalue weighted by atomic mass is 9.70. The standard InChI is InChI=1S/C27H33N3O5/c1-4-15(2)19(14-31)30-23(25(33)29-18-10-9-16-7-5-6-8-17(16)13-18)27-12-11-20(35-27)21(24(32)28-3)22(27)26(30)34/h5-10,13,15,19-23,31H,4,11-12,14H2,1-3H3,(H,28,32)(H,29,33)/t15-,19-,20-,21+,22-,23?,27?/m0/s1. The number of anilines is 1. The van der Waals surface area contributed by atoms with Crippen molar-refractivity contribution in [1.29, 1.82) is 0 Å². The van der Waals surface area contributed by atoms with Crippen molar-refractivity contribution in [3.8, 4) is 0 Å². The number of benzene rings is 2. The second-order valence-electron chi connectivity index (χ2n) is 10.1. The van der Waals surface area contributed by atoms with E-state index in [1.807, 2.05) is 56.3 Å². The van der Waals surface area contributed by atoms with Gasteiger partial charge in [-0.05, 0) is 41.7 Å². The largest absolute Gasteiger partial charge is 0.394 e. The van der Waals surface area contributed by atoms with Crippen molar-refractivity contribution in [2.45, 2.75) is 56.9 Å². The number of carbonyl (C=O) groups excluding carboxylic acids is 3. The van der Waals surface area contributed by atoms with Crippen molar-refractivity contribution < 1.29 is 24.2 Å². The van der Waals surface area contributed by atoms with Gasteiger partial charge in [-0.25, -0.2) is 0 Å². The van der Waals surface area contributed by atoms with Crippen LogP contribution in [0.1, 0.15) is 33.1 Å². The Morgan fingerprint density at radius 1 is 1.20 bits per heavy atom. The molecule has 0 radical (unpaired) electrons. The van der Waals surface area contributed by atoms with Crippen molar-refractivity contribution in [3.63, 3.8) is 0 Å². The van der Waals surface area contributed by atoms with Gasteiger partial charge in [0.1, 0.15) is 11.6 Å². The van der Waals surface area contributed by atoms with E-state index in [9.17, 15) is 19.5 Å². The fourth-order valence-corrected chi connectivity index (χ4v) is 6.51. The summed E-state index contributed by atoms with van der Waals surface area (Å²) in [7, 11) is 1.55. The van der Waals surface area contributed by atoms with E-state index in [0.717, 1.165) is 17.2 Å². The Balaban J connectivity index is 1.55. The molecule has 3 saturated heterocycles. The van der Waals surface area contributed by atoms with E-state index in [2.05, 4.69) is 10.6 Å². The monoisotopic (exact) mass is 479 g/mol. The minimum absolute atomic E-state index is 0.0363. The molecule has 1 spiro atoms. The summed E-state index contributed by atoms with van der Waals surface area (Å²) in [6.07, 6.45) is 1.47. The summed E-state index contributed by atoms with van der Waals surface area (Å²) in [5, 5.41) is 18.1. The molecule has 3 aliphatic heterocycles. The Morgan fingerprint density at radius 3 is 2.63 bits per heavy atom. The number of likely N-dealkylation sites (tertiary alicyclic amines) is 1. The third kappa shape index (κ3) is 3.53. The molecule has 0 aliphatic carbocycles. The smallest absolute Gasteiger partial charge is 0.250 e. The molecule has 5 rings (SSSR count). The average molecular weight is 480 g/mol. The van der Waals surface area contributed by atoms with E-state index in [-0.39, 0.29) is 30.2 Å². The number of rotatable bonds is 7. The molecular weight excluding hydrogens is 446 g/mol. The number of carbonyl (C=O) groups is 3. The first-order chi connectivity index (χ1) is 16.9. The van der Waals surface area contributed by atoms with E-state index in [0.29, 0.717) is 18.5 Å². The normalized spacial score (nSPS) is 30.9. The van der Waals surface area contributed by atoms with Crippen LogP contribution in [0.2, 0.25) is 0 Å². The summed E-state index contributed by atoms with van der Waals surface area (Å²) in [6.45, 7) is 3.69. The van der Waals surface area contributed by atoms with Crippen LogP contribution in [0.3, 0.4) is 0 Å². The quantitative estimate of drug-likeness (QED) is 0.565. The van der Waals surface area contributed by atoms with Gasteiger partial charge >= 0.3 is 0 Å². The number of ether oxygens (including phenoxy) is 1. The molecule has 3 aliphatic rings. The van der Waals surface area contributed by atoms with Crippen molar-refractivity contribution in [3.05, 3.63) is 42.5 Å². The number of aliphatic hydroxyl groups is 1. The number of aliphatic hydroxyl groups excluding tert-OH is 1. The number of nitrogens with one attached hydrogen (secondary N) is 2. The van der Waals surface area contributed by atoms with E-state index in [1.165, 1.54) is 4.90 Å². The van der Waals surface area contributed by atoms with Crippen LogP contribution in [0.25, 0.3) is 10.8 Å². The lowest BCUT2D eigenvalue weighted by molar-refractivity contribution is -0.145. The van der Waals surface area contributed by atoms with Gasteiger partial charge in [0.05, 0.1) is 30.6 Å². The molecule has 8 heteroatoms. The van der Waals surface area contributed by atoms with Crippen molar-refractivity contribution >= 4 is 34.2 Å². The van der Waals surface area contributed by atoms with Gasteiger partial charge in [0.2, 0.25) is 17.7 Å². The highest BCUT2D eigenvalue weighted by atomic mass is 16.5. The molecule has 3 N–H and O–H groups in total. The molecule has 2 aromatic carbocycles. The number of hydrogen-bond acceptors (Lipinski definition) is 5. The number of hydrogen-bond donors (Lipinski definition) is 3. The Kier molecular flexibility index (Phi) is 6.05. The fourth-order valence-electron chi connectivity index (χ4n) is 6.51. The molecule has 3 heterocycles. The first-order valence-corrected chi connectivity index (χ1v) is 12.5. The average Bonchev–Trinajstić information content (AvgIpc) is 3.51. The highest BCUT2D eigenvalue weighted by molar-refractivity contribution is 6.04. The summed E-state index contributed by atoms with van der Waals surface area (Å²) in [6, 6.07) is 12.1. The van der Waals surface area contributed by atoms with Gasteiger partial charge in [-0.15, -0.1) is 0 Å². The molecule has 2 unspecified atom stereocenters. The van der Waals surface area contributed by atoms with Crippen LogP contribution in [0.4, 0.5) is 5.69 Å². The Bertz CT molecular complexity index is 1170. The Labute approximate surface area is 205 Å². The lowest BCUT2D eigenvalue weighted by Crippen LogP contribution is -2.57. The third-order valence-electron chi connectivity index (χ3n) is 8.40. The highest BCUT2D eigenvalue weighted by Gasteiger charge is 2.75. The first kappa shape index (κ1) is 23.8. The number of amides is 3. The summed E-state index contributed by atoms with van der Waals surface area (Å²) in [4.78, 5) is 42.2. The molecule has 7 atom stereocenters. The predicted molar refractivity (Wildman–Crippen MR) is 131 cm³/mol. The molecule has 2 bridgehead atoms. The van der Waals surface area contributed by atoms with Crippen LogP contribution in [0.5, 0.6) is 0 Å². The maximum Gasteiger partial charge on any atom is 0.250 e. The number of nitrogens with zero attached hydrogens (tertiary/aromatic N) is 1. The number of fused-ring (bicyclic) bond motifs is 2. The van der Waals surface area contributed by atoms with Crippen molar-refractivity contribution in [2.24, 2.45) is 17.8 Å². The highest BCUT2D eigenvalue weighted by Crippen LogP contribution is 2.59. The second-order valence-corrected chi connectivity index (χ2v) is 10.1. The summed E-state index contributed by atoms with van der Waals surface area (Å²) in [5.74, 6) is -2.29. The van der Waals surface area contributed by atoms with Gasteiger partial charge < -0.3 is 25.4 Å². The van der Waals surface area contributed by atoms with Crippen LogP contribution >= 0.6 is 0 Å². The molecule has 186 valence electrons. The molecule has 0 aromatic heterocycles. The minimum Gasteiger partial charge on any atom is -0.394 e. The zero-order valence-electron chi connectivity index (χ0n) is 20.4. The van der Waals surface area contributed by atoms with Crippen molar-refractivity contribution in [2.75, 3.05) is 19.0 Å². The van der Waals surface area contributed by atoms with Gasteiger partial charge in [-0.1, -0.05) is 50.6 Å². The van der Waals surface area contributed by atoms with Gasteiger partial charge in [0.15, 0.2) is 0 Å². The van der Waals surface area contributed by atoms with Crippen molar-refractivity contribution in [1.82, 2.24) is 10.2 Å². The zero-order chi connectivity index (χ0) is 24.9.